The van der Waals surface area contributed by atoms with Gasteiger partial charge in [0.1, 0.15) is 5.60 Å². The maximum Gasteiger partial charge on any atom is 0.407 e. The van der Waals surface area contributed by atoms with Crippen LogP contribution in [-0.2, 0) is 24.3 Å². The van der Waals surface area contributed by atoms with Crippen molar-refractivity contribution in [3.63, 3.8) is 0 Å². The van der Waals surface area contributed by atoms with E-state index in [-0.39, 0.29) is 36.2 Å². The summed E-state index contributed by atoms with van der Waals surface area (Å²) in [7, 11) is -3.83. The number of hydrogen-bond donors (Lipinski definition) is 3. The third kappa shape index (κ3) is 8.54. The molecule has 172 valence electrons. The number of sulfonamides is 1. The molecule has 1 aromatic rings. The number of hydrogen-bond acceptors (Lipinski definition) is 6. The van der Waals surface area contributed by atoms with Crippen molar-refractivity contribution in [2.75, 3.05) is 31.5 Å². The van der Waals surface area contributed by atoms with Crippen molar-refractivity contribution >= 4 is 33.6 Å². The molecule has 10 nitrogen and oxygen atoms in total. The molecule has 1 heterocycles. The number of ether oxygens (including phenoxy) is 1. The van der Waals surface area contributed by atoms with Gasteiger partial charge in [0.05, 0.1) is 4.90 Å². The van der Waals surface area contributed by atoms with Gasteiger partial charge in [-0.15, -0.1) is 0 Å². The Morgan fingerprint density at radius 1 is 1.19 bits per heavy atom. The molecule has 0 spiro atoms. The molecule has 11 heteroatoms. The average Bonchev–Trinajstić information content (AvgIpc) is 3.07. The molecule has 31 heavy (non-hydrogen) atoms. The minimum atomic E-state index is -3.83. The monoisotopic (exact) mass is 454 g/mol. The van der Waals surface area contributed by atoms with Crippen LogP contribution in [0.1, 0.15) is 40.0 Å². The molecule has 1 aliphatic rings. The topological polar surface area (TPSA) is 134 Å². The average molecular weight is 455 g/mol. The first-order valence-corrected chi connectivity index (χ1v) is 11.6. The lowest BCUT2D eigenvalue weighted by Gasteiger charge is -2.19. The Kier molecular flexibility index (Phi) is 8.40. The summed E-state index contributed by atoms with van der Waals surface area (Å²) in [6.45, 7) is 6.22. The second-order valence-electron chi connectivity index (χ2n) is 8.14. The maximum absolute atomic E-state index is 12.5. The maximum atomic E-state index is 12.5. The summed E-state index contributed by atoms with van der Waals surface area (Å²) in [5, 5.41) is 5.12. The van der Waals surface area contributed by atoms with Crippen LogP contribution in [0.2, 0.25) is 0 Å². The van der Waals surface area contributed by atoms with Gasteiger partial charge in [0.25, 0.3) is 0 Å². The largest absolute Gasteiger partial charge is 0.444 e. The second-order valence-corrected chi connectivity index (χ2v) is 9.90. The molecule has 3 amide bonds. The van der Waals surface area contributed by atoms with Gasteiger partial charge in [-0.2, -0.15) is 0 Å². The Labute approximate surface area is 182 Å². The predicted molar refractivity (Wildman–Crippen MR) is 115 cm³/mol. The highest BCUT2D eigenvalue weighted by Gasteiger charge is 2.21. The zero-order chi connectivity index (χ0) is 23.1. The molecule has 0 bridgehead atoms. The molecule has 1 aliphatic heterocycles. The van der Waals surface area contributed by atoms with Crippen LogP contribution in [0.5, 0.6) is 0 Å². The van der Waals surface area contributed by atoms with E-state index in [0.29, 0.717) is 25.2 Å². The third-order valence-electron chi connectivity index (χ3n) is 4.29. The lowest BCUT2D eigenvalue weighted by Crippen LogP contribution is -2.37. The lowest BCUT2D eigenvalue weighted by atomic mass is 10.2. The third-order valence-corrected chi connectivity index (χ3v) is 5.75. The minimum absolute atomic E-state index is 0.0164. The van der Waals surface area contributed by atoms with E-state index in [2.05, 4.69) is 15.4 Å². The van der Waals surface area contributed by atoms with Crippen molar-refractivity contribution in [2.24, 2.45) is 0 Å². The zero-order valence-electron chi connectivity index (χ0n) is 18.1. The molecular formula is C20H30N4O6S. The van der Waals surface area contributed by atoms with Crippen molar-refractivity contribution in [3.05, 3.63) is 24.3 Å². The Balaban J connectivity index is 1.82. The van der Waals surface area contributed by atoms with Gasteiger partial charge >= 0.3 is 6.09 Å². The Morgan fingerprint density at radius 3 is 2.58 bits per heavy atom. The number of rotatable bonds is 9. The van der Waals surface area contributed by atoms with Gasteiger partial charge < -0.3 is 20.3 Å². The molecule has 2 rings (SSSR count). The van der Waals surface area contributed by atoms with E-state index in [4.69, 9.17) is 4.74 Å². The quantitative estimate of drug-likeness (QED) is 0.484. The summed E-state index contributed by atoms with van der Waals surface area (Å²) in [6, 6.07) is 5.86. The summed E-state index contributed by atoms with van der Waals surface area (Å²) in [5.74, 6) is -0.253. The number of alkyl carbamates (subject to hydrolysis) is 1. The molecule has 0 aliphatic carbocycles. The fraction of sp³-hybridized carbons (Fsp3) is 0.550. The predicted octanol–water partition coefficient (Wildman–Crippen LogP) is 1.44. The molecule has 3 N–H and O–H groups in total. The Morgan fingerprint density at radius 2 is 1.94 bits per heavy atom. The fourth-order valence-corrected chi connectivity index (χ4v) is 3.97. The number of benzene rings is 1. The van der Waals surface area contributed by atoms with Gasteiger partial charge in [-0.1, -0.05) is 6.07 Å². The van der Waals surface area contributed by atoms with Gasteiger partial charge in [0, 0.05) is 44.7 Å². The summed E-state index contributed by atoms with van der Waals surface area (Å²) < 4.78 is 32.4. The van der Waals surface area contributed by atoms with Gasteiger partial charge in [-0.25, -0.2) is 17.9 Å². The van der Waals surface area contributed by atoms with Crippen molar-refractivity contribution in [3.8, 4) is 0 Å². The van der Waals surface area contributed by atoms with E-state index < -0.39 is 21.7 Å². The van der Waals surface area contributed by atoms with E-state index in [0.717, 1.165) is 6.42 Å². The van der Waals surface area contributed by atoms with Gasteiger partial charge in [-0.3, -0.25) is 9.59 Å². The van der Waals surface area contributed by atoms with Crippen molar-refractivity contribution < 1.29 is 27.5 Å². The number of nitrogens with zero attached hydrogens (tertiary/aromatic N) is 1. The summed E-state index contributed by atoms with van der Waals surface area (Å²) in [4.78, 5) is 37.0. The normalized spacial score (nSPS) is 14.4. The van der Waals surface area contributed by atoms with Gasteiger partial charge in [0.2, 0.25) is 21.8 Å². The molecule has 1 aromatic carbocycles. The van der Waals surface area contributed by atoms with E-state index in [1.807, 2.05) is 0 Å². The van der Waals surface area contributed by atoms with Crippen LogP contribution in [-0.4, -0.2) is 63.0 Å². The SMILES string of the molecule is CC(C)(C)OC(=O)NCCNS(=O)(=O)c1cccc(NC(=O)CCN2CCCC2=O)c1. The number of likely N-dealkylation sites (tertiary alicyclic amines) is 1. The van der Waals surface area contributed by atoms with Crippen LogP contribution in [0.25, 0.3) is 0 Å². The Bertz CT molecular complexity index is 910. The highest BCUT2D eigenvalue weighted by Crippen LogP contribution is 2.16. The van der Waals surface area contributed by atoms with E-state index in [9.17, 15) is 22.8 Å². The second kappa shape index (κ2) is 10.6. The number of nitrogens with one attached hydrogen (secondary N) is 3. The molecule has 0 saturated carbocycles. The molecule has 1 fully saturated rings. The summed E-state index contributed by atoms with van der Waals surface area (Å²) >= 11 is 0. The van der Waals surface area contributed by atoms with Crippen LogP contribution in [0.4, 0.5) is 10.5 Å². The molecular weight excluding hydrogens is 424 g/mol. The minimum Gasteiger partial charge on any atom is -0.444 e. The zero-order valence-corrected chi connectivity index (χ0v) is 18.9. The lowest BCUT2D eigenvalue weighted by molar-refractivity contribution is -0.128. The number of carbonyl (C=O) groups is 3. The molecule has 0 radical (unpaired) electrons. The molecule has 0 unspecified atom stereocenters. The smallest absolute Gasteiger partial charge is 0.407 e. The number of amides is 3. The summed E-state index contributed by atoms with van der Waals surface area (Å²) in [5.41, 5.74) is -0.300. The van der Waals surface area contributed by atoms with E-state index in [1.54, 1.807) is 31.7 Å². The first-order chi connectivity index (χ1) is 14.5. The molecule has 0 atom stereocenters. The van der Waals surface area contributed by atoms with Gasteiger partial charge in [-0.05, 0) is 45.4 Å². The van der Waals surface area contributed by atoms with E-state index >= 15 is 0 Å². The number of carbonyl (C=O) groups excluding carboxylic acids is 3. The van der Waals surface area contributed by atoms with Crippen molar-refractivity contribution in [2.45, 2.75) is 50.5 Å². The fourth-order valence-electron chi connectivity index (χ4n) is 2.89. The van der Waals surface area contributed by atoms with Crippen molar-refractivity contribution in [1.82, 2.24) is 14.9 Å². The standard InChI is InChI=1S/C20H30N4O6S/c1-20(2,3)30-19(27)21-10-11-22-31(28,29)16-7-4-6-15(14-16)23-17(25)9-13-24-12-5-8-18(24)26/h4,6-7,14,22H,5,8-13H2,1-3H3,(H,21,27)(H,23,25). The number of anilines is 1. The van der Waals surface area contributed by atoms with Crippen molar-refractivity contribution in [1.29, 1.82) is 0 Å². The highest BCUT2D eigenvalue weighted by molar-refractivity contribution is 7.89. The summed E-state index contributed by atoms with van der Waals surface area (Å²) in [6.07, 6.45) is 0.826. The van der Waals surface area contributed by atoms with Crippen LogP contribution >= 0.6 is 0 Å². The van der Waals surface area contributed by atoms with Crippen LogP contribution in [0.3, 0.4) is 0 Å². The molecule has 0 aromatic heterocycles. The first kappa shape index (κ1) is 24.6. The van der Waals surface area contributed by atoms with Crippen LogP contribution in [0.15, 0.2) is 29.2 Å². The van der Waals surface area contributed by atoms with Crippen LogP contribution < -0.4 is 15.4 Å². The van der Waals surface area contributed by atoms with Crippen LogP contribution in [0, 0.1) is 0 Å². The first-order valence-electron chi connectivity index (χ1n) is 10.1. The van der Waals surface area contributed by atoms with E-state index in [1.165, 1.54) is 18.2 Å². The molecule has 1 saturated heterocycles. The van der Waals surface area contributed by atoms with Gasteiger partial charge in [0.15, 0.2) is 0 Å². The highest BCUT2D eigenvalue weighted by atomic mass is 32.2. The Hall–Kier alpha value is -2.66.